The molecule has 2 aromatic rings. The summed E-state index contributed by atoms with van der Waals surface area (Å²) in [6, 6.07) is 3.63. The van der Waals surface area contributed by atoms with Crippen molar-refractivity contribution in [2.45, 2.75) is 64.2 Å². The molecule has 37 heavy (non-hydrogen) atoms. The summed E-state index contributed by atoms with van der Waals surface area (Å²) >= 11 is 0. The largest absolute Gasteiger partial charge is 0.446 e. The fraction of sp³-hybridized carbons (Fsp3) is 0.440. The standard InChI is InChI=1S/C25H27F6N3O3/c1-13(2)37-23(36)34-8-4-5-20(19-7-6-18(32)12-21(19)34)33-22(14(3)35)15-9-16(24(26,27)28)11-17(10-15)25(29,30)31/h6-7,9-13,20,22,33H,4-5,8,32H2,1-3H3. The zero-order valence-electron chi connectivity index (χ0n) is 20.3. The van der Waals surface area contributed by atoms with E-state index in [1.54, 1.807) is 26.0 Å². The number of halogens is 6. The summed E-state index contributed by atoms with van der Waals surface area (Å²) in [5.41, 5.74) is 3.65. The summed E-state index contributed by atoms with van der Waals surface area (Å²) < 4.78 is 85.9. The van der Waals surface area contributed by atoms with Crippen molar-refractivity contribution in [1.29, 1.82) is 0 Å². The van der Waals surface area contributed by atoms with Crippen LogP contribution in [0.1, 0.15) is 68.0 Å². The Morgan fingerprint density at radius 2 is 1.62 bits per heavy atom. The van der Waals surface area contributed by atoms with Crippen LogP contribution in [0.5, 0.6) is 0 Å². The molecular formula is C25H27F6N3O3. The van der Waals surface area contributed by atoms with Crippen molar-refractivity contribution in [3.63, 3.8) is 0 Å². The highest BCUT2D eigenvalue weighted by Gasteiger charge is 2.38. The average molecular weight is 531 g/mol. The van der Waals surface area contributed by atoms with Gasteiger partial charge in [0.15, 0.2) is 5.78 Å². The molecule has 6 nitrogen and oxygen atoms in total. The number of hydrogen-bond acceptors (Lipinski definition) is 5. The molecule has 0 bridgehead atoms. The molecule has 202 valence electrons. The molecule has 0 spiro atoms. The van der Waals surface area contributed by atoms with E-state index in [-0.39, 0.29) is 12.6 Å². The summed E-state index contributed by atoms with van der Waals surface area (Å²) in [6.07, 6.45) is -10.4. The number of ketones is 1. The van der Waals surface area contributed by atoms with Gasteiger partial charge in [0.05, 0.1) is 29.0 Å². The lowest BCUT2D eigenvalue weighted by atomic mass is 9.94. The van der Waals surface area contributed by atoms with Gasteiger partial charge >= 0.3 is 18.4 Å². The Kier molecular flexibility index (Phi) is 8.11. The van der Waals surface area contributed by atoms with Gasteiger partial charge in [0.1, 0.15) is 0 Å². The molecular weight excluding hydrogens is 504 g/mol. The molecule has 2 unspecified atom stereocenters. The predicted molar refractivity (Wildman–Crippen MR) is 125 cm³/mol. The Bertz CT molecular complexity index is 1130. The summed E-state index contributed by atoms with van der Waals surface area (Å²) in [6.45, 7) is 4.68. The van der Waals surface area contributed by atoms with Crippen molar-refractivity contribution in [2.24, 2.45) is 0 Å². The monoisotopic (exact) mass is 531 g/mol. The SMILES string of the molecule is CC(=O)C(NC1CCCN(C(=O)OC(C)C)c2cc(N)ccc21)c1cc(C(F)(F)F)cc(C(F)(F)F)c1. The molecule has 12 heteroatoms. The van der Waals surface area contributed by atoms with Gasteiger partial charge in [-0.15, -0.1) is 0 Å². The lowest BCUT2D eigenvalue weighted by Crippen LogP contribution is -2.34. The molecule has 3 rings (SSSR count). The van der Waals surface area contributed by atoms with E-state index in [0.29, 0.717) is 41.9 Å². The third-order valence-electron chi connectivity index (χ3n) is 5.87. The van der Waals surface area contributed by atoms with Crippen LogP contribution in [0.4, 0.5) is 42.5 Å². The smallest absolute Gasteiger partial charge is 0.416 e. The number of carbonyl (C=O) groups is 2. The zero-order chi connectivity index (χ0) is 27.7. The van der Waals surface area contributed by atoms with Crippen LogP contribution in [0, 0.1) is 0 Å². The summed E-state index contributed by atoms with van der Waals surface area (Å²) in [5, 5.41) is 2.94. The Labute approximate surface area is 209 Å². The highest BCUT2D eigenvalue weighted by atomic mass is 19.4. The van der Waals surface area contributed by atoms with E-state index in [1.807, 2.05) is 0 Å². The van der Waals surface area contributed by atoms with Crippen molar-refractivity contribution in [3.8, 4) is 0 Å². The summed E-state index contributed by atoms with van der Waals surface area (Å²) in [5.74, 6) is -0.676. The van der Waals surface area contributed by atoms with Crippen LogP contribution in [0.15, 0.2) is 36.4 Å². The number of amides is 1. The molecule has 1 aliphatic heterocycles. The number of nitrogens with two attached hydrogens (primary N) is 1. The van der Waals surface area contributed by atoms with Gasteiger partial charge in [-0.05, 0) is 75.1 Å². The molecule has 2 atom stereocenters. The number of Topliss-reactive ketones (excluding diaryl/α,β-unsaturated/α-hetero) is 1. The Hall–Kier alpha value is -3.28. The first-order chi connectivity index (χ1) is 17.1. The van der Waals surface area contributed by atoms with Crippen molar-refractivity contribution in [1.82, 2.24) is 5.32 Å². The Balaban J connectivity index is 2.06. The molecule has 1 aliphatic rings. The van der Waals surface area contributed by atoms with Crippen molar-refractivity contribution < 1.29 is 40.7 Å². The van der Waals surface area contributed by atoms with E-state index >= 15 is 0 Å². The minimum absolute atomic E-state index is 0.0165. The number of hydrogen-bond donors (Lipinski definition) is 2. The number of rotatable bonds is 5. The van der Waals surface area contributed by atoms with E-state index in [9.17, 15) is 35.9 Å². The number of nitrogens with one attached hydrogen (secondary N) is 1. The first-order valence-corrected chi connectivity index (χ1v) is 11.5. The normalized spacial score (nSPS) is 17.2. The molecule has 0 aliphatic carbocycles. The van der Waals surface area contributed by atoms with Crippen LogP contribution in [0.2, 0.25) is 0 Å². The fourth-order valence-electron chi connectivity index (χ4n) is 4.24. The lowest BCUT2D eigenvalue weighted by molar-refractivity contribution is -0.143. The third-order valence-corrected chi connectivity index (χ3v) is 5.87. The van der Waals surface area contributed by atoms with Crippen LogP contribution in [0.3, 0.4) is 0 Å². The number of anilines is 2. The topological polar surface area (TPSA) is 84.7 Å². The highest BCUT2D eigenvalue weighted by molar-refractivity contribution is 5.90. The van der Waals surface area contributed by atoms with Gasteiger partial charge in [-0.2, -0.15) is 26.3 Å². The quantitative estimate of drug-likeness (QED) is 0.344. The van der Waals surface area contributed by atoms with Gasteiger partial charge in [-0.3, -0.25) is 15.0 Å². The highest BCUT2D eigenvalue weighted by Crippen LogP contribution is 2.40. The molecule has 1 heterocycles. The van der Waals surface area contributed by atoms with Crippen molar-refractivity contribution in [2.75, 3.05) is 17.2 Å². The van der Waals surface area contributed by atoms with Crippen molar-refractivity contribution >= 4 is 23.3 Å². The third kappa shape index (κ3) is 6.73. The van der Waals surface area contributed by atoms with Crippen LogP contribution in [0.25, 0.3) is 0 Å². The van der Waals surface area contributed by atoms with E-state index in [0.717, 1.165) is 6.92 Å². The maximum absolute atomic E-state index is 13.4. The molecule has 0 fully saturated rings. The molecule has 3 N–H and O–H groups in total. The Morgan fingerprint density at radius 3 is 2.14 bits per heavy atom. The van der Waals surface area contributed by atoms with Gasteiger partial charge in [0, 0.05) is 18.3 Å². The van der Waals surface area contributed by atoms with E-state index < -0.39 is 59.1 Å². The lowest BCUT2D eigenvalue weighted by Gasteiger charge is -2.28. The zero-order valence-corrected chi connectivity index (χ0v) is 20.3. The number of nitrogens with zero attached hydrogens (tertiary/aromatic N) is 1. The van der Waals surface area contributed by atoms with Crippen LogP contribution >= 0.6 is 0 Å². The van der Waals surface area contributed by atoms with E-state index in [1.165, 1.54) is 11.0 Å². The van der Waals surface area contributed by atoms with Crippen LogP contribution in [-0.4, -0.2) is 24.5 Å². The second kappa shape index (κ2) is 10.6. The molecule has 0 saturated carbocycles. The number of fused-ring (bicyclic) bond motifs is 1. The van der Waals surface area contributed by atoms with Crippen molar-refractivity contribution in [3.05, 3.63) is 58.7 Å². The predicted octanol–water partition coefficient (Wildman–Crippen LogP) is 6.41. The second-order valence-electron chi connectivity index (χ2n) is 9.15. The van der Waals surface area contributed by atoms with E-state index in [4.69, 9.17) is 10.5 Å². The van der Waals surface area contributed by atoms with E-state index in [2.05, 4.69) is 5.32 Å². The molecule has 1 amide bonds. The van der Waals surface area contributed by atoms with Gasteiger partial charge in [-0.1, -0.05) is 6.07 Å². The first kappa shape index (κ1) is 28.3. The minimum atomic E-state index is -5.05. The fourth-order valence-corrected chi connectivity index (χ4v) is 4.24. The summed E-state index contributed by atoms with van der Waals surface area (Å²) in [4.78, 5) is 26.7. The number of nitrogen functional groups attached to an aromatic ring is 1. The number of carbonyl (C=O) groups excluding carboxylic acids is 2. The maximum Gasteiger partial charge on any atom is 0.416 e. The number of alkyl halides is 6. The Morgan fingerprint density at radius 1 is 1.03 bits per heavy atom. The number of benzene rings is 2. The summed E-state index contributed by atoms with van der Waals surface area (Å²) in [7, 11) is 0. The molecule has 0 aromatic heterocycles. The van der Waals surface area contributed by atoms with Gasteiger partial charge in [0.2, 0.25) is 0 Å². The van der Waals surface area contributed by atoms with Crippen LogP contribution < -0.4 is 16.0 Å². The average Bonchev–Trinajstić information content (AvgIpc) is 2.94. The van der Waals surface area contributed by atoms with Gasteiger partial charge < -0.3 is 10.5 Å². The molecule has 0 radical (unpaired) electrons. The second-order valence-corrected chi connectivity index (χ2v) is 9.15. The van der Waals surface area contributed by atoms with Gasteiger partial charge in [0.25, 0.3) is 0 Å². The minimum Gasteiger partial charge on any atom is -0.446 e. The van der Waals surface area contributed by atoms with Crippen LogP contribution in [-0.2, 0) is 21.9 Å². The maximum atomic E-state index is 13.4. The first-order valence-electron chi connectivity index (χ1n) is 11.5. The van der Waals surface area contributed by atoms with Gasteiger partial charge in [-0.25, -0.2) is 4.79 Å². The molecule has 0 saturated heterocycles. The molecule has 2 aromatic carbocycles. The number of ether oxygens (including phenoxy) is 1.